The van der Waals surface area contributed by atoms with Crippen LogP contribution in [0.1, 0.15) is 18.1 Å². The zero-order chi connectivity index (χ0) is 10.7. The molecule has 0 spiro atoms. The molecule has 2 N–H and O–H groups in total. The average Bonchev–Trinajstić information content (AvgIpc) is 2.14. The summed E-state index contributed by atoms with van der Waals surface area (Å²) in [5, 5.41) is 9.41. The summed E-state index contributed by atoms with van der Waals surface area (Å²) in [7, 11) is -1.03. The standard InChI is InChI=1S/C10H15NO2S/c1-4-14(13)11-9-5-8(3)10(12)6-7(9)2/h5-6,11-12H,4H2,1-3H3. The van der Waals surface area contributed by atoms with Gasteiger partial charge in [0.2, 0.25) is 0 Å². The smallest absolute Gasteiger partial charge is 0.118 e. The van der Waals surface area contributed by atoms with E-state index in [1.54, 1.807) is 12.1 Å². The highest BCUT2D eigenvalue weighted by Crippen LogP contribution is 2.25. The van der Waals surface area contributed by atoms with E-state index < -0.39 is 11.0 Å². The first-order valence-electron chi connectivity index (χ1n) is 4.49. The molecule has 0 saturated heterocycles. The van der Waals surface area contributed by atoms with Crippen molar-refractivity contribution in [3.63, 3.8) is 0 Å². The number of phenols is 1. The van der Waals surface area contributed by atoms with Crippen LogP contribution in [0.5, 0.6) is 5.75 Å². The van der Waals surface area contributed by atoms with Crippen LogP contribution in [-0.2, 0) is 11.0 Å². The molecule has 1 unspecified atom stereocenters. The quantitative estimate of drug-likeness (QED) is 0.755. The van der Waals surface area contributed by atoms with Gasteiger partial charge in [0.05, 0.1) is 0 Å². The van der Waals surface area contributed by atoms with Crippen LogP contribution in [0.4, 0.5) is 5.69 Å². The molecule has 0 bridgehead atoms. The molecule has 1 atom stereocenters. The van der Waals surface area contributed by atoms with E-state index in [-0.39, 0.29) is 5.75 Å². The number of aromatic hydroxyl groups is 1. The van der Waals surface area contributed by atoms with Crippen LogP contribution in [-0.4, -0.2) is 15.1 Å². The highest BCUT2D eigenvalue weighted by Gasteiger charge is 2.04. The number of nitrogens with one attached hydrogen (secondary N) is 1. The van der Waals surface area contributed by atoms with E-state index in [0.29, 0.717) is 5.75 Å². The topological polar surface area (TPSA) is 49.3 Å². The van der Waals surface area contributed by atoms with E-state index in [9.17, 15) is 9.32 Å². The molecule has 1 aromatic carbocycles. The van der Waals surface area contributed by atoms with Gasteiger partial charge in [-0.15, -0.1) is 0 Å². The zero-order valence-corrected chi connectivity index (χ0v) is 9.44. The third kappa shape index (κ3) is 2.48. The molecule has 78 valence electrons. The van der Waals surface area contributed by atoms with Crippen LogP contribution in [0.15, 0.2) is 12.1 Å². The van der Waals surface area contributed by atoms with E-state index in [1.807, 2.05) is 20.8 Å². The summed E-state index contributed by atoms with van der Waals surface area (Å²) in [6.07, 6.45) is 0. The van der Waals surface area contributed by atoms with Crippen molar-refractivity contribution in [3.8, 4) is 5.75 Å². The minimum atomic E-state index is -1.03. The lowest BCUT2D eigenvalue weighted by Crippen LogP contribution is -2.07. The number of rotatable bonds is 3. The first-order valence-corrected chi connectivity index (χ1v) is 5.81. The molecule has 1 aromatic rings. The van der Waals surface area contributed by atoms with Crippen molar-refractivity contribution in [3.05, 3.63) is 23.3 Å². The number of benzene rings is 1. The molecule has 0 fully saturated rings. The van der Waals surface area contributed by atoms with Crippen molar-refractivity contribution >= 4 is 16.7 Å². The Bertz CT molecular complexity index is 363. The molecule has 0 radical (unpaired) electrons. The van der Waals surface area contributed by atoms with E-state index in [1.165, 1.54) is 0 Å². The maximum Gasteiger partial charge on any atom is 0.118 e. The van der Waals surface area contributed by atoms with E-state index in [2.05, 4.69) is 4.72 Å². The van der Waals surface area contributed by atoms with Crippen molar-refractivity contribution in [1.29, 1.82) is 0 Å². The van der Waals surface area contributed by atoms with Crippen molar-refractivity contribution in [2.45, 2.75) is 20.8 Å². The number of aryl methyl sites for hydroxylation is 2. The second kappa shape index (κ2) is 4.46. The molecule has 14 heavy (non-hydrogen) atoms. The van der Waals surface area contributed by atoms with E-state index in [0.717, 1.165) is 16.8 Å². The lowest BCUT2D eigenvalue weighted by Gasteiger charge is -2.09. The van der Waals surface area contributed by atoms with Crippen LogP contribution in [0.25, 0.3) is 0 Å². The molecule has 4 heteroatoms. The molecule has 1 rings (SSSR count). The fourth-order valence-corrected chi connectivity index (χ4v) is 1.72. The molecule has 0 aromatic heterocycles. The largest absolute Gasteiger partial charge is 0.508 e. The predicted molar refractivity (Wildman–Crippen MR) is 59.9 cm³/mol. The third-order valence-corrected chi connectivity index (χ3v) is 3.00. The van der Waals surface area contributed by atoms with Crippen LogP contribution < -0.4 is 4.72 Å². The normalized spacial score (nSPS) is 12.5. The summed E-state index contributed by atoms with van der Waals surface area (Å²) in [6, 6.07) is 3.47. The van der Waals surface area contributed by atoms with Crippen LogP contribution in [0.2, 0.25) is 0 Å². The molecular weight excluding hydrogens is 198 g/mol. The molecule has 0 aliphatic heterocycles. The van der Waals surface area contributed by atoms with Gasteiger partial charge in [-0.25, -0.2) is 4.21 Å². The van der Waals surface area contributed by atoms with Gasteiger partial charge in [0, 0.05) is 11.4 Å². The van der Waals surface area contributed by atoms with Gasteiger partial charge < -0.3 is 9.83 Å². The average molecular weight is 213 g/mol. The lowest BCUT2D eigenvalue weighted by atomic mass is 10.1. The van der Waals surface area contributed by atoms with Gasteiger partial charge in [0.25, 0.3) is 0 Å². The molecule has 0 heterocycles. The van der Waals surface area contributed by atoms with Gasteiger partial charge >= 0.3 is 0 Å². The SMILES string of the molecule is CCS(=O)Nc1cc(C)c(O)cc1C. The minimum absolute atomic E-state index is 0.273. The predicted octanol–water partition coefficient (Wildman–Crippen LogP) is 2.10. The second-order valence-corrected chi connectivity index (χ2v) is 4.66. The van der Waals surface area contributed by atoms with E-state index >= 15 is 0 Å². The molecule has 3 nitrogen and oxygen atoms in total. The number of hydrogen-bond acceptors (Lipinski definition) is 2. The highest BCUT2D eigenvalue weighted by atomic mass is 32.2. The molecule has 0 saturated carbocycles. The number of hydrogen-bond donors (Lipinski definition) is 2. The second-order valence-electron chi connectivity index (χ2n) is 3.19. The maximum absolute atomic E-state index is 11.3. The van der Waals surface area contributed by atoms with Crippen LogP contribution in [0, 0.1) is 13.8 Å². The molecule has 0 aliphatic rings. The number of phenolic OH excluding ortho intramolecular Hbond substituents is 1. The van der Waals surface area contributed by atoms with Gasteiger partial charge in [-0.05, 0) is 37.1 Å². The molecule has 0 aliphatic carbocycles. The summed E-state index contributed by atoms with van der Waals surface area (Å²) in [5.74, 6) is 0.842. The zero-order valence-electron chi connectivity index (χ0n) is 8.63. The third-order valence-electron chi connectivity index (χ3n) is 2.03. The maximum atomic E-state index is 11.3. The van der Waals surface area contributed by atoms with Crippen molar-refractivity contribution in [2.24, 2.45) is 0 Å². The van der Waals surface area contributed by atoms with Gasteiger partial charge in [-0.1, -0.05) is 6.92 Å². The summed E-state index contributed by atoms with van der Waals surface area (Å²) in [4.78, 5) is 0. The summed E-state index contributed by atoms with van der Waals surface area (Å²) in [5.41, 5.74) is 2.50. The van der Waals surface area contributed by atoms with Crippen LogP contribution >= 0.6 is 0 Å². The summed E-state index contributed by atoms with van der Waals surface area (Å²) < 4.78 is 14.2. The molecular formula is C10H15NO2S. The Morgan fingerprint density at radius 1 is 1.36 bits per heavy atom. The first kappa shape index (κ1) is 11.0. The Morgan fingerprint density at radius 2 is 2.00 bits per heavy atom. The van der Waals surface area contributed by atoms with Crippen LogP contribution in [0.3, 0.4) is 0 Å². The summed E-state index contributed by atoms with van der Waals surface area (Å²) in [6.45, 7) is 5.54. The van der Waals surface area contributed by atoms with Gasteiger partial charge in [-0.2, -0.15) is 0 Å². The lowest BCUT2D eigenvalue weighted by molar-refractivity contribution is 0.471. The Balaban J connectivity index is 2.98. The first-order chi connectivity index (χ1) is 6.54. The highest BCUT2D eigenvalue weighted by molar-refractivity contribution is 7.86. The summed E-state index contributed by atoms with van der Waals surface area (Å²) >= 11 is 0. The Morgan fingerprint density at radius 3 is 2.57 bits per heavy atom. The Hall–Kier alpha value is -1.03. The number of anilines is 1. The Kier molecular flexibility index (Phi) is 3.52. The Labute approximate surface area is 86.7 Å². The van der Waals surface area contributed by atoms with Crippen molar-refractivity contribution in [2.75, 3.05) is 10.5 Å². The van der Waals surface area contributed by atoms with Gasteiger partial charge in [0.15, 0.2) is 0 Å². The monoisotopic (exact) mass is 213 g/mol. The van der Waals surface area contributed by atoms with Gasteiger partial charge in [-0.3, -0.25) is 0 Å². The molecule has 0 amide bonds. The fourth-order valence-electron chi connectivity index (χ4n) is 1.11. The van der Waals surface area contributed by atoms with Crippen molar-refractivity contribution in [1.82, 2.24) is 0 Å². The fraction of sp³-hybridized carbons (Fsp3) is 0.400. The van der Waals surface area contributed by atoms with E-state index in [4.69, 9.17) is 0 Å². The van der Waals surface area contributed by atoms with Crippen molar-refractivity contribution < 1.29 is 9.32 Å². The minimum Gasteiger partial charge on any atom is -0.508 e. The van der Waals surface area contributed by atoms with Gasteiger partial charge in [0.1, 0.15) is 16.7 Å².